The number of rotatable bonds is 6. The number of amides is 1. The first-order valence-corrected chi connectivity index (χ1v) is 8.63. The molecule has 0 radical (unpaired) electrons. The van der Waals surface area contributed by atoms with Gasteiger partial charge < -0.3 is 5.32 Å². The summed E-state index contributed by atoms with van der Waals surface area (Å²) in [5.41, 5.74) is 1.11. The first kappa shape index (κ1) is 16.9. The van der Waals surface area contributed by atoms with Crippen molar-refractivity contribution < 1.29 is 4.79 Å². The van der Waals surface area contributed by atoms with E-state index in [0.29, 0.717) is 5.02 Å². The minimum Gasteiger partial charge on any atom is -0.349 e. The van der Waals surface area contributed by atoms with Crippen LogP contribution in [0.4, 0.5) is 0 Å². The summed E-state index contributed by atoms with van der Waals surface area (Å²) in [6.45, 7) is 4.03. The zero-order valence-corrected chi connectivity index (χ0v) is 14.3. The number of thioether (sulfide) groups is 1. The van der Waals surface area contributed by atoms with E-state index in [2.05, 4.69) is 5.32 Å². The Labute approximate surface area is 141 Å². The molecule has 4 heteroatoms. The van der Waals surface area contributed by atoms with Gasteiger partial charge in [0, 0.05) is 9.92 Å². The van der Waals surface area contributed by atoms with Crippen molar-refractivity contribution in [1.29, 1.82) is 0 Å². The van der Waals surface area contributed by atoms with Gasteiger partial charge in [-0.3, -0.25) is 4.79 Å². The summed E-state index contributed by atoms with van der Waals surface area (Å²) in [7, 11) is 0. The minimum atomic E-state index is -0.104. The Morgan fingerprint density at radius 1 is 1.14 bits per heavy atom. The van der Waals surface area contributed by atoms with Gasteiger partial charge in [0.25, 0.3) is 0 Å². The molecular formula is C18H20ClNOS. The third-order valence-corrected chi connectivity index (χ3v) is 5.04. The molecule has 0 unspecified atom stereocenters. The molecule has 0 saturated heterocycles. The molecule has 22 heavy (non-hydrogen) atoms. The van der Waals surface area contributed by atoms with E-state index in [1.54, 1.807) is 11.8 Å². The van der Waals surface area contributed by atoms with Crippen LogP contribution >= 0.6 is 23.4 Å². The van der Waals surface area contributed by atoms with Gasteiger partial charge in [0.1, 0.15) is 0 Å². The second-order valence-electron chi connectivity index (χ2n) is 5.11. The molecule has 1 N–H and O–H groups in total. The summed E-state index contributed by atoms with van der Waals surface area (Å²) in [4.78, 5) is 13.5. The number of halogens is 1. The first-order chi connectivity index (χ1) is 10.6. The number of hydrogen-bond acceptors (Lipinski definition) is 2. The Hall–Kier alpha value is -1.45. The molecule has 0 aliphatic heterocycles. The number of hydrogen-bond donors (Lipinski definition) is 1. The van der Waals surface area contributed by atoms with E-state index < -0.39 is 0 Å². The fourth-order valence-electron chi connectivity index (χ4n) is 2.13. The molecule has 2 nitrogen and oxygen atoms in total. The predicted octanol–water partition coefficient (Wildman–Crippen LogP) is 5.09. The van der Waals surface area contributed by atoms with Gasteiger partial charge in [-0.05, 0) is 43.2 Å². The van der Waals surface area contributed by atoms with Crippen LogP contribution in [0.15, 0.2) is 59.5 Å². The molecule has 2 aromatic rings. The smallest absolute Gasteiger partial charge is 0.233 e. The summed E-state index contributed by atoms with van der Waals surface area (Å²) in [6.07, 6.45) is 0.778. The van der Waals surface area contributed by atoms with Crippen molar-refractivity contribution in [3.05, 3.63) is 65.2 Å². The lowest BCUT2D eigenvalue weighted by atomic mass is 10.1. The van der Waals surface area contributed by atoms with Crippen LogP contribution in [0.25, 0.3) is 0 Å². The maximum Gasteiger partial charge on any atom is 0.233 e. The summed E-state index contributed by atoms with van der Waals surface area (Å²) in [5.74, 6) is 0.0683. The lowest BCUT2D eigenvalue weighted by Gasteiger charge is -2.19. The SMILES string of the molecule is CC[C@H](Sc1ccc(Cl)cc1)C(=O)N[C@H](C)c1ccccc1. The van der Waals surface area contributed by atoms with Crippen molar-refractivity contribution in [2.75, 3.05) is 0 Å². The second-order valence-corrected chi connectivity index (χ2v) is 6.82. The zero-order valence-electron chi connectivity index (χ0n) is 12.8. The Morgan fingerprint density at radius 2 is 1.77 bits per heavy atom. The number of carbonyl (C=O) groups is 1. The predicted molar refractivity (Wildman–Crippen MR) is 94.4 cm³/mol. The van der Waals surface area contributed by atoms with Crippen LogP contribution in [0.2, 0.25) is 5.02 Å². The Balaban J connectivity index is 1.98. The third kappa shape index (κ3) is 4.79. The molecule has 116 valence electrons. The topological polar surface area (TPSA) is 29.1 Å². The molecule has 2 atom stereocenters. The molecule has 0 heterocycles. The van der Waals surface area contributed by atoms with Crippen molar-refractivity contribution in [3.8, 4) is 0 Å². The van der Waals surface area contributed by atoms with Gasteiger partial charge in [0.2, 0.25) is 5.91 Å². The fraction of sp³-hybridized carbons (Fsp3) is 0.278. The molecule has 0 aliphatic carbocycles. The molecule has 0 bridgehead atoms. The van der Waals surface area contributed by atoms with Crippen LogP contribution in [0.3, 0.4) is 0 Å². The largest absolute Gasteiger partial charge is 0.349 e. The van der Waals surface area contributed by atoms with Crippen molar-refractivity contribution in [1.82, 2.24) is 5.32 Å². The quantitative estimate of drug-likeness (QED) is 0.746. The van der Waals surface area contributed by atoms with Gasteiger partial charge in [-0.1, -0.05) is 48.9 Å². The maximum absolute atomic E-state index is 12.5. The van der Waals surface area contributed by atoms with Crippen LogP contribution in [0, 0.1) is 0 Å². The average molecular weight is 334 g/mol. The van der Waals surface area contributed by atoms with Crippen molar-refractivity contribution in [2.24, 2.45) is 0 Å². The molecule has 1 amide bonds. The van der Waals surface area contributed by atoms with Gasteiger partial charge in [-0.25, -0.2) is 0 Å². The molecule has 0 aliphatic rings. The highest BCUT2D eigenvalue weighted by atomic mass is 35.5. The molecule has 0 aromatic heterocycles. The van der Waals surface area contributed by atoms with Crippen molar-refractivity contribution >= 4 is 29.3 Å². The van der Waals surface area contributed by atoms with Crippen molar-refractivity contribution in [3.63, 3.8) is 0 Å². The molecule has 0 fully saturated rings. The Kier molecular flexibility index (Phi) is 6.34. The first-order valence-electron chi connectivity index (χ1n) is 7.37. The van der Waals surface area contributed by atoms with Gasteiger partial charge in [-0.15, -0.1) is 11.8 Å². The molecule has 0 spiro atoms. The van der Waals surface area contributed by atoms with E-state index in [4.69, 9.17) is 11.6 Å². The van der Waals surface area contributed by atoms with Gasteiger partial charge >= 0.3 is 0 Å². The highest BCUT2D eigenvalue weighted by Crippen LogP contribution is 2.27. The number of nitrogens with one attached hydrogen (secondary N) is 1. The lowest BCUT2D eigenvalue weighted by molar-refractivity contribution is -0.121. The van der Waals surface area contributed by atoms with Crippen LogP contribution < -0.4 is 5.32 Å². The average Bonchev–Trinajstić information content (AvgIpc) is 2.55. The van der Waals surface area contributed by atoms with Crippen LogP contribution in [-0.4, -0.2) is 11.2 Å². The van der Waals surface area contributed by atoms with Crippen molar-refractivity contribution in [2.45, 2.75) is 36.5 Å². The molecule has 0 saturated carbocycles. The van der Waals surface area contributed by atoms with Crippen LogP contribution in [0.5, 0.6) is 0 Å². The summed E-state index contributed by atoms with van der Waals surface area (Å²) in [5, 5.41) is 3.70. The molecule has 2 rings (SSSR count). The summed E-state index contributed by atoms with van der Waals surface area (Å²) in [6, 6.07) is 17.6. The lowest BCUT2D eigenvalue weighted by Crippen LogP contribution is -2.34. The minimum absolute atomic E-state index is 0.00793. The zero-order chi connectivity index (χ0) is 15.9. The van der Waals surface area contributed by atoms with E-state index in [-0.39, 0.29) is 17.2 Å². The highest BCUT2D eigenvalue weighted by Gasteiger charge is 2.20. The van der Waals surface area contributed by atoms with E-state index >= 15 is 0 Å². The summed E-state index contributed by atoms with van der Waals surface area (Å²) < 4.78 is 0. The van der Waals surface area contributed by atoms with E-state index in [1.807, 2.05) is 68.4 Å². The fourth-order valence-corrected chi connectivity index (χ4v) is 3.22. The Bertz CT molecular complexity index is 600. The maximum atomic E-state index is 12.5. The third-order valence-electron chi connectivity index (χ3n) is 3.41. The standard InChI is InChI=1S/C18H20ClNOS/c1-3-17(22-16-11-9-15(19)10-12-16)18(21)20-13(2)14-7-5-4-6-8-14/h4-13,17H,3H2,1-2H3,(H,20,21)/t13-,17+/m1/s1. The molecule has 2 aromatic carbocycles. The number of carbonyl (C=O) groups excluding carboxylic acids is 1. The summed E-state index contributed by atoms with van der Waals surface area (Å²) >= 11 is 7.46. The van der Waals surface area contributed by atoms with Crippen LogP contribution in [0.1, 0.15) is 31.9 Å². The second kappa shape index (κ2) is 8.25. The van der Waals surface area contributed by atoms with E-state index in [0.717, 1.165) is 16.9 Å². The van der Waals surface area contributed by atoms with E-state index in [1.165, 1.54) is 0 Å². The van der Waals surface area contributed by atoms with Crippen LogP contribution in [-0.2, 0) is 4.79 Å². The van der Waals surface area contributed by atoms with Gasteiger partial charge in [0.05, 0.1) is 11.3 Å². The van der Waals surface area contributed by atoms with Gasteiger partial charge in [-0.2, -0.15) is 0 Å². The van der Waals surface area contributed by atoms with Gasteiger partial charge in [0.15, 0.2) is 0 Å². The normalized spacial score (nSPS) is 13.4. The number of benzene rings is 2. The van der Waals surface area contributed by atoms with E-state index in [9.17, 15) is 4.79 Å². The monoisotopic (exact) mass is 333 g/mol. The molecular weight excluding hydrogens is 314 g/mol. The highest BCUT2D eigenvalue weighted by molar-refractivity contribution is 8.00. The Morgan fingerprint density at radius 3 is 2.36 bits per heavy atom.